The Labute approximate surface area is 131 Å². The molecule has 0 aliphatic heterocycles. The highest BCUT2D eigenvalue weighted by Gasteiger charge is 2.45. The quantitative estimate of drug-likeness (QED) is 0.551. The second kappa shape index (κ2) is 8.15. The van der Waals surface area contributed by atoms with Gasteiger partial charge in [-0.25, -0.2) is 0 Å². The fourth-order valence-electron chi connectivity index (χ4n) is 3.21. The molecule has 0 aromatic carbocycles. The molecule has 0 aromatic rings. The third-order valence-corrected chi connectivity index (χ3v) is 4.39. The average Bonchev–Trinajstić information content (AvgIpc) is 2.70. The monoisotopic (exact) mass is 314 g/mol. The largest absolute Gasteiger partial charge is 0.466 e. The second-order valence-electron chi connectivity index (χ2n) is 6.15. The van der Waals surface area contributed by atoms with Crippen molar-refractivity contribution in [3.8, 4) is 0 Å². The summed E-state index contributed by atoms with van der Waals surface area (Å²) in [6, 6.07) is 0. The van der Waals surface area contributed by atoms with E-state index in [-0.39, 0.29) is 47.7 Å². The minimum atomic E-state index is -0.325. The van der Waals surface area contributed by atoms with Gasteiger partial charge < -0.3 is 14.2 Å². The molecule has 0 unspecified atom stereocenters. The molecule has 126 valence electrons. The highest BCUT2D eigenvalue weighted by molar-refractivity contribution is 5.66. The van der Waals surface area contributed by atoms with E-state index in [2.05, 4.69) is 0 Å². The molecule has 0 heterocycles. The van der Waals surface area contributed by atoms with Crippen LogP contribution < -0.4 is 0 Å². The molecule has 0 saturated heterocycles. The van der Waals surface area contributed by atoms with E-state index >= 15 is 0 Å². The molecule has 22 heavy (non-hydrogen) atoms. The van der Waals surface area contributed by atoms with Crippen LogP contribution in [0.25, 0.3) is 0 Å². The molecule has 0 aromatic heterocycles. The van der Waals surface area contributed by atoms with E-state index in [1.54, 1.807) is 0 Å². The van der Waals surface area contributed by atoms with Gasteiger partial charge in [-0.15, -0.1) is 0 Å². The number of carbonyl (C=O) groups is 3. The summed E-state index contributed by atoms with van der Waals surface area (Å²) in [5.41, 5.74) is 0. The van der Waals surface area contributed by atoms with E-state index in [9.17, 15) is 14.4 Å². The van der Waals surface area contributed by atoms with E-state index in [1.165, 1.54) is 20.8 Å². The predicted molar refractivity (Wildman–Crippen MR) is 78.7 cm³/mol. The Balaban J connectivity index is 2.77. The summed E-state index contributed by atoms with van der Waals surface area (Å²) >= 11 is 0. The van der Waals surface area contributed by atoms with Crippen LogP contribution in [0, 0.1) is 23.7 Å². The van der Waals surface area contributed by atoms with Gasteiger partial charge in [0.2, 0.25) is 0 Å². The van der Waals surface area contributed by atoms with Crippen LogP contribution in [-0.4, -0.2) is 37.2 Å². The minimum absolute atomic E-state index is 0.0822. The first-order chi connectivity index (χ1) is 10.2. The van der Waals surface area contributed by atoms with Crippen molar-refractivity contribution < 1.29 is 28.6 Å². The highest BCUT2D eigenvalue weighted by Crippen LogP contribution is 2.43. The lowest BCUT2D eigenvalue weighted by Crippen LogP contribution is -2.28. The molecular formula is C16H26O6. The lowest BCUT2D eigenvalue weighted by atomic mass is 9.83. The second-order valence-corrected chi connectivity index (χ2v) is 6.15. The zero-order valence-electron chi connectivity index (χ0n) is 14.0. The average molecular weight is 314 g/mol. The normalized spacial score (nSPS) is 28.8. The van der Waals surface area contributed by atoms with Crippen LogP contribution in [0.1, 0.15) is 41.0 Å². The Hall–Kier alpha value is -1.59. The maximum absolute atomic E-state index is 11.2. The molecule has 0 radical (unpaired) electrons. The molecule has 1 saturated carbocycles. The third-order valence-electron chi connectivity index (χ3n) is 4.39. The standard InChI is InChI=1S/C16H26O6/c1-9(7-20-11(3)17)14-6-16(22-13(5)19)10(2)15(14)8-21-12(4)18/h9-10,14-16H,6-8H2,1-5H3/t9-,10+,14-,15+,16-/m0/s1. The van der Waals surface area contributed by atoms with Gasteiger partial charge in [0.1, 0.15) is 6.10 Å². The number of esters is 3. The molecule has 6 nitrogen and oxygen atoms in total. The molecule has 0 spiro atoms. The van der Waals surface area contributed by atoms with Gasteiger partial charge in [-0.2, -0.15) is 0 Å². The Morgan fingerprint density at radius 3 is 2.14 bits per heavy atom. The topological polar surface area (TPSA) is 78.9 Å². The van der Waals surface area contributed by atoms with Crippen molar-refractivity contribution in [3.05, 3.63) is 0 Å². The molecule has 0 N–H and O–H groups in total. The van der Waals surface area contributed by atoms with E-state index in [0.29, 0.717) is 19.6 Å². The first-order valence-electron chi connectivity index (χ1n) is 7.66. The zero-order valence-corrected chi connectivity index (χ0v) is 14.0. The van der Waals surface area contributed by atoms with Gasteiger partial charge in [0.15, 0.2) is 0 Å². The van der Waals surface area contributed by atoms with Crippen molar-refractivity contribution in [1.29, 1.82) is 0 Å². The summed E-state index contributed by atoms with van der Waals surface area (Å²) in [6.45, 7) is 8.75. The Bertz CT molecular complexity index is 419. The van der Waals surface area contributed by atoms with Gasteiger partial charge in [-0.1, -0.05) is 13.8 Å². The van der Waals surface area contributed by atoms with Gasteiger partial charge in [0.05, 0.1) is 13.2 Å². The number of hydrogen-bond donors (Lipinski definition) is 0. The molecule has 1 aliphatic carbocycles. The first kappa shape index (κ1) is 18.5. The molecular weight excluding hydrogens is 288 g/mol. The fourth-order valence-corrected chi connectivity index (χ4v) is 3.21. The molecule has 1 aliphatic rings. The van der Waals surface area contributed by atoms with Crippen molar-refractivity contribution in [3.63, 3.8) is 0 Å². The highest BCUT2D eigenvalue weighted by atomic mass is 16.5. The van der Waals surface area contributed by atoms with Crippen LogP contribution >= 0.6 is 0 Å². The van der Waals surface area contributed by atoms with Crippen molar-refractivity contribution in [2.24, 2.45) is 23.7 Å². The lowest BCUT2D eigenvalue weighted by molar-refractivity contribution is -0.149. The molecule has 1 rings (SSSR count). The van der Waals surface area contributed by atoms with Crippen LogP contribution in [0.15, 0.2) is 0 Å². The molecule has 6 heteroatoms. The predicted octanol–water partition coefficient (Wildman–Crippen LogP) is 1.95. The van der Waals surface area contributed by atoms with Gasteiger partial charge >= 0.3 is 17.9 Å². The van der Waals surface area contributed by atoms with E-state index in [1.807, 2.05) is 13.8 Å². The Morgan fingerprint density at radius 2 is 1.64 bits per heavy atom. The summed E-state index contributed by atoms with van der Waals surface area (Å²) in [7, 11) is 0. The smallest absolute Gasteiger partial charge is 0.302 e. The summed E-state index contributed by atoms with van der Waals surface area (Å²) in [4.78, 5) is 33.3. The summed E-state index contributed by atoms with van der Waals surface area (Å²) in [5, 5.41) is 0. The minimum Gasteiger partial charge on any atom is -0.466 e. The third kappa shape index (κ3) is 5.31. The van der Waals surface area contributed by atoms with Crippen LogP contribution in [0.4, 0.5) is 0 Å². The Morgan fingerprint density at radius 1 is 1.05 bits per heavy atom. The Kier molecular flexibility index (Phi) is 6.84. The molecule has 1 fully saturated rings. The van der Waals surface area contributed by atoms with Gasteiger partial charge in [0.25, 0.3) is 0 Å². The number of rotatable bonds is 6. The summed E-state index contributed by atoms with van der Waals surface area (Å²) in [6.07, 6.45) is 0.498. The van der Waals surface area contributed by atoms with Crippen molar-refractivity contribution in [2.45, 2.75) is 47.1 Å². The maximum Gasteiger partial charge on any atom is 0.302 e. The van der Waals surface area contributed by atoms with Crippen molar-refractivity contribution >= 4 is 17.9 Å². The van der Waals surface area contributed by atoms with E-state index < -0.39 is 0 Å². The molecule has 0 amide bonds. The van der Waals surface area contributed by atoms with Crippen LogP contribution in [0.2, 0.25) is 0 Å². The summed E-state index contributed by atoms with van der Waals surface area (Å²) < 4.78 is 15.6. The first-order valence-corrected chi connectivity index (χ1v) is 7.66. The van der Waals surface area contributed by atoms with Gasteiger partial charge in [0, 0.05) is 26.7 Å². The van der Waals surface area contributed by atoms with Crippen molar-refractivity contribution in [2.75, 3.05) is 13.2 Å². The SMILES string of the molecule is CC(=O)OC[C@@H]1[C@@H](C)[C@@H](OC(C)=O)C[C@H]1[C@@H](C)COC(C)=O. The van der Waals surface area contributed by atoms with E-state index in [4.69, 9.17) is 14.2 Å². The van der Waals surface area contributed by atoms with Crippen LogP contribution in [-0.2, 0) is 28.6 Å². The lowest BCUT2D eigenvalue weighted by Gasteiger charge is -2.26. The van der Waals surface area contributed by atoms with E-state index in [0.717, 1.165) is 0 Å². The summed E-state index contributed by atoms with van der Waals surface area (Å²) in [5.74, 6) is -0.505. The number of carbonyl (C=O) groups excluding carboxylic acids is 3. The van der Waals surface area contributed by atoms with Crippen molar-refractivity contribution in [1.82, 2.24) is 0 Å². The molecule has 5 atom stereocenters. The van der Waals surface area contributed by atoms with Gasteiger partial charge in [-0.3, -0.25) is 14.4 Å². The van der Waals surface area contributed by atoms with Crippen LogP contribution in [0.5, 0.6) is 0 Å². The van der Waals surface area contributed by atoms with Gasteiger partial charge in [-0.05, 0) is 24.2 Å². The fraction of sp³-hybridized carbons (Fsp3) is 0.812. The number of hydrogen-bond acceptors (Lipinski definition) is 6. The zero-order chi connectivity index (χ0) is 16.9. The molecule has 0 bridgehead atoms. The van der Waals surface area contributed by atoms with Crippen LogP contribution in [0.3, 0.4) is 0 Å². The number of ether oxygens (including phenoxy) is 3. The maximum atomic E-state index is 11.2.